The Kier molecular flexibility index (Phi) is 4.00. The fourth-order valence-corrected chi connectivity index (χ4v) is 2.51. The zero-order chi connectivity index (χ0) is 16.4. The van der Waals surface area contributed by atoms with E-state index in [1.807, 2.05) is 54.9 Å². The van der Waals surface area contributed by atoms with Gasteiger partial charge < -0.3 is 5.32 Å². The largest absolute Gasteiger partial charge is 0.337 e. The van der Waals surface area contributed by atoms with Crippen LogP contribution in [-0.4, -0.2) is 14.8 Å². The first-order valence-corrected chi connectivity index (χ1v) is 7.43. The minimum absolute atomic E-state index is 0.197. The lowest BCUT2D eigenvalue weighted by molar-refractivity contribution is 0.834. The Labute approximate surface area is 139 Å². The molecule has 0 atom stereocenters. The van der Waals surface area contributed by atoms with Crippen molar-refractivity contribution in [2.24, 2.45) is 0 Å². The summed E-state index contributed by atoms with van der Waals surface area (Å²) in [5.74, 6) is 0.560. The van der Waals surface area contributed by atoms with Gasteiger partial charge in [0, 0.05) is 0 Å². The first kappa shape index (κ1) is 15.1. The Balaban J connectivity index is 1.99. The van der Waals surface area contributed by atoms with Crippen LogP contribution in [0, 0.1) is 25.2 Å². The van der Waals surface area contributed by atoms with E-state index in [0.29, 0.717) is 10.8 Å². The number of halogens is 1. The summed E-state index contributed by atoms with van der Waals surface area (Å²) >= 11 is 5.92. The molecule has 3 aromatic rings. The number of benzene rings is 1. The highest BCUT2D eigenvalue weighted by molar-refractivity contribution is 6.31. The molecule has 0 saturated heterocycles. The summed E-state index contributed by atoms with van der Waals surface area (Å²) in [4.78, 5) is 4.21. The van der Waals surface area contributed by atoms with Crippen LogP contribution in [0.15, 0.2) is 42.5 Å². The highest BCUT2D eigenvalue weighted by Crippen LogP contribution is 2.26. The number of nitriles is 1. The zero-order valence-corrected chi connectivity index (χ0v) is 13.5. The molecule has 114 valence electrons. The van der Waals surface area contributed by atoms with Crippen LogP contribution in [0.3, 0.4) is 0 Å². The van der Waals surface area contributed by atoms with Gasteiger partial charge >= 0.3 is 0 Å². The van der Waals surface area contributed by atoms with Crippen molar-refractivity contribution >= 4 is 23.1 Å². The van der Waals surface area contributed by atoms with E-state index in [9.17, 15) is 0 Å². The van der Waals surface area contributed by atoms with Crippen molar-refractivity contribution in [1.82, 2.24) is 14.8 Å². The second-order valence-corrected chi connectivity index (χ2v) is 5.46. The standard InChI is InChI=1S/C17H14ClN5/c1-11-17(21-16-9-8-14(18)15(10-19)20-16)12(2)23(22-11)13-6-4-3-5-7-13/h3-9H,1-2H3,(H,20,21). The predicted octanol–water partition coefficient (Wildman–Crippen LogP) is 4.15. The van der Waals surface area contributed by atoms with Crippen LogP contribution >= 0.6 is 11.6 Å². The maximum absolute atomic E-state index is 9.03. The fourth-order valence-electron chi connectivity index (χ4n) is 2.36. The third-order valence-corrected chi connectivity index (χ3v) is 3.80. The molecule has 5 nitrogen and oxygen atoms in total. The average molecular weight is 324 g/mol. The molecule has 0 aliphatic carbocycles. The number of nitrogens with zero attached hydrogens (tertiary/aromatic N) is 4. The third kappa shape index (κ3) is 2.89. The molecule has 6 heteroatoms. The summed E-state index contributed by atoms with van der Waals surface area (Å²) < 4.78 is 1.87. The maximum Gasteiger partial charge on any atom is 0.161 e. The van der Waals surface area contributed by atoms with Gasteiger partial charge in [-0.3, -0.25) is 0 Å². The summed E-state index contributed by atoms with van der Waals surface area (Å²) in [7, 11) is 0. The van der Waals surface area contributed by atoms with Crippen LogP contribution in [0.5, 0.6) is 0 Å². The van der Waals surface area contributed by atoms with Gasteiger partial charge in [-0.1, -0.05) is 29.8 Å². The molecule has 2 aromatic heterocycles. The van der Waals surface area contributed by atoms with E-state index in [4.69, 9.17) is 16.9 Å². The van der Waals surface area contributed by atoms with Crippen LogP contribution in [0.1, 0.15) is 17.1 Å². The summed E-state index contributed by atoms with van der Waals surface area (Å²) in [6.45, 7) is 3.91. The van der Waals surface area contributed by atoms with Gasteiger partial charge in [-0.25, -0.2) is 9.67 Å². The van der Waals surface area contributed by atoms with Crippen molar-refractivity contribution in [3.63, 3.8) is 0 Å². The first-order chi connectivity index (χ1) is 11.1. The molecular formula is C17H14ClN5. The number of anilines is 2. The molecule has 0 radical (unpaired) electrons. The van der Waals surface area contributed by atoms with Crippen molar-refractivity contribution in [3.8, 4) is 11.8 Å². The van der Waals surface area contributed by atoms with E-state index in [1.54, 1.807) is 12.1 Å². The number of hydrogen-bond donors (Lipinski definition) is 1. The van der Waals surface area contributed by atoms with Crippen molar-refractivity contribution in [2.45, 2.75) is 13.8 Å². The third-order valence-electron chi connectivity index (χ3n) is 3.50. The van der Waals surface area contributed by atoms with Gasteiger partial charge in [0.1, 0.15) is 11.9 Å². The van der Waals surface area contributed by atoms with E-state index in [-0.39, 0.29) is 5.69 Å². The Bertz CT molecular complexity index is 893. The minimum atomic E-state index is 0.197. The predicted molar refractivity (Wildman–Crippen MR) is 90.3 cm³/mol. The Hall–Kier alpha value is -2.84. The molecule has 0 bridgehead atoms. The Morgan fingerprint density at radius 1 is 1.13 bits per heavy atom. The Morgan fingerprint density at radius 3 is 2.57 bits per heavy atom. The zero-order valence-electron chi connectivity index (χ0n) is 12.7. The summed E-state index contributed by atoms with van der Waals surface area (Å²) in [6, 6.07) is 15.3. The lowest BCUT2D eigenvalue weighted by atomic mass is 10.3. The van der Waals surface area contributed by atoms with Crippen molar-refractivity contribution in [2.75, 3.05) is 5.32 Å². The molecule has 3 rings (SSSR count). The fraction of sp³-hybridized carbons (Fsp3) is 0.118. The number of aryl methyl sites for hydroxylation is 1. The number of nitrogens with one attached hydrogen (secondary N) is 1. The molecule has 0 fully saturated rings. The lowest BCUT2D eigenvalue weighted by Crippen LogP contribution is -2.00. The number of rotatable bonds is 3. The van der Waals surface area contributed by atoms with E-state index in [0.717, 1.165) is 22.8 Å². The monoisotopic (exact) mass is 323 g/mol. The molecule has 23 heavy (non-hydrogen) atoms. The maximum atomic E-state index is 9.03. The van der Waals surface area contributed by atoms with Crippen LogP contribution in [0.25, 0.3) is 5.69 Å². The molecule has 0 aliphatic heterocycles. The Morgan fingerprint density at radius 2 is 1.87 bits per heavy atom. The van der Waals surface area contributed by atoms with E-state index in [2.05, 4.69) is 15.4 Å². The lowest BCUT2D eigenvalue weighted by Gasteiger charge is -2.08. The van der Waals surface area contributed by atoms with Gasteiger partial charge in [-0.05, 0) is 38.1 Å². The molecule has 0 spiro atoms. The van der Waals surface area contributed by atoms with Crippen LogP contribution in [0.4, 0.5) is 11.5 Å². The number of aromatic nitrogens is 3. The first-order valence-electron chi connectivity index (χ1n) is 7.05. The van der Waals surface area contributed by atoms with Crippen molar-refractivity contribution < 1.29 is 0 Å². The summed E-state index contributed by atoms with van der Waals surface area (Å²) in [5, 5.41) is 17.2. The normalized spacial score (nSPS) is 10.3. The average Bonchev–Trinajstić information content (AvgIpc) is 2.85. The van der Waals surface area contributed by atoms with Crippen molar-refractivity contribution in [1.29, 1.82) is 5.26 Å². The molecule has 1 aromatic carbocycles. The SMILES string of the molecule is Cc1nn(-c2ccccc2)c(C)c1Nc1ccc(Cl)c(C#N)n1. The van der Waals surface area contributed by atoms with E-state index >= 15 is 0 Å². The highest BCUT2D eigenvalue weighted by atomic mass is 35.5. The minimum Gasteiger partial charge on any atom is -0.337 e. The van der Waals surface area contributed by atoms with Gasteiger partial charge in [-0.2, -0.15) is 10.4 Å². The molecule has 0 saturated carbocycles. The van der Waals surface area contributed by atoms with Gasteiger partial charge in [0.25, 0.3) is 0 Å². The highest BCUT2D eigenvalue weighted by Gasteiger charge is 2.14. The van der Waals surface area contributed by atoms with Gasteiger partial charge in [0.05, 0.1) is 27.8 Å². The molecule has 0 aliphatic rings. The van der Waals surface area contributed by atoms with Gasteiger partial charge in [0.2, 0.25) is 0 Å². The molecular weight excluding hydrogens is 310 g/mol. The van der Waals surface area contributed by atoms with E-state index in [1.165, 1.54) is 0 Å². The van der Waals surface area contributed by atoms with Gasteiger partial charge in [0.15, 0.2) is 5.69 Å². The number of para-hydroxylation sites is 1. The van der Waals surface area contributed by atoms with Crippen LogP contribution < -0.4 is 5.32 Å². The summed E-state index contributed by atoms with van der Waals surface area (Å²) in [5.41, 5.74) is 3.86. The van der Waals surface area contributed by atoms with Crippen LogP contribution in [-0.2, 0) is 0 Å². The quantitative estimate of drug-likeness (QED) is 0.786. The molecule has 0 amide bonds. The topological polar surface area (TPSA) is 66.5 Å². The van der Waals surface area contributed by atoms with Crippen molar-refractivity contribution in [3.05, 3.63) is 64.6 Å². The number of hydrogen-bond acceptors (Lipinski definition) is 4. The van der Waals surface area contributed by atoms with Crippen LogP contribution in [0.2, 0.25) is 5.02 Å². The molecule has 1 N–H and O–H groups in total. The smallest absolute Gasteiger partial charge is 0.161 e. The molecule has 0 unspecified atom stereocenters. The molecule has 2 heterocycles. The summed E-state index contributed by atoms with van der Waals surface area (Å²) in [6.07, 6.45) is 0. The number of pyridine rings is 1. The van der Waals surface area contributed by atoms with E-state index < -0.39 is 0 Å². The second kappa shape index (κ2) is 6.11. The van der Waals surface area contributed by atoms with Gasteiger partial charge in [-0.15, -0.1) is 0 Å². The second-order valence-electron chi connectivity index (χ2n) is 5.06.